The predicted molar refractivity (Wildman–Crippen MR) is 79.7 cm³/mol. The Kier molecular flexibility index (Phi) is 4.47. The fourth-order valence-corrected chi connectivity index (χ4v) is 2.14. The fraction of sp³-hybridized carbons (Fsp3) is 0.250. The Labute approximate surface area is 126 Å². The molecule has 0 fully saturated rings. The minimum absolute atomic E-state index is 0.419. The normalized spacial score (nSPS) is 11.5. The lowest BCUT2D eigenvalue weighted by Gasteiger charge is -2.13. The Hall–Kier alpha value is -1.68. The molecular formula is C16H15ClF3N. The zero-order valence-electron chi connectivity index (χ0n) is 11.7. The topological polar surface area (TPSA) is 12.0 Å². The molecule has 0 amide bonds. The smallest absolute Gasteiger partial charge is 0.381 e. The van der Waals surface area contributed by atoms with Crippen LogP contribution in [0.5, 0.6) is 0 Å². The van der Waals surface area contributed by atoms with Crippen LogP contribution >= 0.6 is 11.6 Å². The van der Waals surface area contributed by atoms with E-state index in [0.717, 1.165) is 28.8 Å². The van der Waals surface area contributed by atoms with Crippen LogP contribution in [-0.4, -0.2) is 0 Å². The first-order chi connectivity index (χ1) is 9.77. The van der Waals surface area contributed by atoms with Crippen molar-refractivity contribution in [1.29, 1.82) is 0 Å². The minimum atomic E-state index is -4.34. The molecule has 0 aliphatic carbocycles. The van der Waals surface area contributed by atoms with Gasteiger partial charge in [-0.2, -0.15) is 13.2 Å². The highest BCUT2D eigenvalue weighted by molar-refractivity contribution is 6.31. The molecule has 2 rings (SSSR count). The van der Waals surface area contributed by atoms with Gasteiger partial charge in [0.05, 0.1) is 5.56 Å². The second-order valence-corrected chi connectivity index (χ2v) is 5.37. The number of hydrogen-bond acceptors (Lipinski definition) is 1. The van der Waals surface area contributed by atoms with Gasteiger partial charge in [-0.1, -0.05) is 29.8 Å². The van der Waals surface area contributed by atoms with Gasteiger partial charge >= 0.3 is 6.18 Å². The molecule has 0 atom stereocenters. The summed E-state index contributed by atoms with van der Waals surface area (Å²) in [6.07, 6.45) is -4.34. The van der Waals surface area contributed by atoms with Crippen LogP contribution in [0, 0.1) is 13.8 Å². The van der Waals surface area contributed by atoms with Crippen LogP contribution in [-0.2, 0) is 12.7 Å². The summed E-state index contributed by atoms with van der Waals surface area (Å²) in [5.74, 6) is 0. The van der Waals surface area contributed by atoms with Gasteiger partial charge in [-0.3, -0.25) is 0 Å². The van der Waals surface area contributed by atoms with E-state index >= 15 is 0 Å². The van der Waals surface area contributed by atoms with Crippen molar-refractivity contribution < 1.29 is 13.2 Å². The Bertz CT molecular complexity index is 650. The van der Waals surface area contributed by atoms with Crippen molar-refractivity contribution in [1.82, 2.24) is 0 Å². The Morgan fingerprint density at radius 1 is 1.00 bits per heavy atom. The number of anilines is 1. The highest BCUT2D eigenvalue weighted by Crippen LogP contribution is 2.32. The molecule has 0 aliphatic rings. The van der Waals surface area contributed by atoms with Gasteiger partial charge in [-0.05, 0) is 48.7 Å². The largest absolute Gasteiger partial charge is 0.416 e. The average molecular weight is 314 g/mol. The molecule has 2 aromatic rings. The summed E-state index contributed by atoms with van der Waals surface area (Å²) in [5, 5.41) is 3.68. The number of aryl methyl sites for hydroxylation is 2. The van der Waals surface area contributed by atoms with Crippen LogP contribution in [0.4, 0.5) is 18.9 Å². The second-order valence-electron chi connectivity index (χ2n) is 4.96. The molecule has 0 aromatic heterocycles. The summed E-state index contributed by atoms with van der Waals surface area (Å²) in [6.45, 7) is 4.09. The van der Waals surface area contributed by atoms with Gasteiger partial charge in [0.2, 0.25) is 0 Å². The number of hydrogen-bond donors (Lipinski definition) is 1. The number of rotatable bonds is 3. The molecule has 5 heteroatoms. The lowest BCUT2D eigenvalue weighted by atomic mass is 10.1. The molecule has 112 valence electrons. The van der Waals surface area contributed by atoms with Gasteiger partial charge in [-0.25, -0.2) is 0 Å². The van der Waals surface area contributed by atoms with Gasteiger partial charge in [0.1, 0.15) is 0 Å². The van der Waals surface area contributed by atoms with Crippen molar-refractivity contribution in [2.75, 3.05) is 5.32 Å². The summed E-state index contributed by atoms with van der Waals surface area (Å²) in [7, 11) is 0. The van der Waals surface area contributed by atoms with E-state index in [1.54, 1.807) is 6.92 Å². The van der Waals surface area contributed by atoms with E-state index in [2.05, 4.69) is 5.32 Å². The summed E-state index contributed by atoms with van der Waals surface area (Å²) >= 11 is 6.04. The van der Waals surface area contributed by atoms with Gasteiger partial charge in [0.15, 0.2) is 0 Å². The zero-order valence-corrected chi connectivity index (χ0v) is 12.4. The molecular weight excluding hydrogens is 299 g/mol. The van der Waals surface area contributed by atoms with Crippen LogP contribution in [0.25, 0.3) is 0 Å². The van der Waals surface area contributed by atoms with Crippen LogP contribution in [0.15, 0.2) is 36.4 Å². The first kappa shape index (κ1) is 15.7. The average Bonchev–Trinajstić information content (AvgIpc) is 2.40. The minimum Gasteiger partial charge on any atom is -0.381 e. The summed E-state index contributed by atoms with van der Waals surface area (Å²) in [5.41, 5.74) is 2.47. The van der Waals surface area contributed by atoms with Crippen molar-refractivity contribution in [3.8, 4) is 0 Å². The molecule has 0 saturated heterocycles. The molecule has 0 radical (unpaired) electrons. The fourth-order valence-electron chi connectivity index (χ4n) is 1.93. The van der Waals surface area contributed by atoms with Crippen LogP contribution in [0.1, 0.15) is 22.3 Å². The zero-order chi connectivity index (χ0) is 15.6. The highest BCUT2D eigenvalue weighted by atomic mass is 35.5. The van der Waals surface area contributed by atoms with Gasteiger partial charge in [-0.15, -0.1) is 0 Å². The molecule has 0 heterocycles. The van der Waals surface area contributed by atoms with E-state index in [4.69, 9.17) is 11.6 Å². The standard InChI is InChI=1S/C16H15ClF3N/c1-10-3-5-12(7-14(10)17)9-21-15-8-13(16(18,19)20)6-4-11(15)2/h3-8,21H,9H2,1-2H3. The molecule has 0 saturated carbocycles. The molecule has 1 N–H and O–H groups in total. The Morgan fingerprint density at radius 2 is 1.67 bits per heavy atom. The molecule has 0 spiro atoms. The first-order valence-corrected chi connectivity index (χ1v) is 6.82. The van der Waals surface area contributed by atoms with Gasteiger partial charge in [0, 0.05) is 17.3 Å². The Balaban J connectivity index is 2.17. The molecule has 1 nitrogen and oxygen atoms in total. The molecule has 21 heavy (non-hydrogen) atoms. The van der Waals surface area contributed by atoms with Gasteiger partial charge in [0.25, 0.3) is 0 Å². The number of alkyl halides is 3. The van der Waals surface area contributed by atoms with Crippen molar-refractivity contribution in [2.45, 2.75) is 26.6 Å². The summed E-state index contributed by atoms with van der Waals surface area (Å²) in [6, 6.07) is 9.28. The third kappa shape index (κ3) is 3.91. The maximum absolute atomic E-state index is 12.7. The second kappa shape index (κ2) is 5.98. The number of halogens is 4. The van der Waals surface area contributed by atoms with Crippen molar-refractivity contribution in [2.24, 2.45) is 0 Å². The third-order valence-electron chi connectivity index (χ3n) is 3.28. The predicted octanol–water partition coefficient (Wildman–Crippen LogP) is 5.59. The van der Waals surface area contributed by atoms with E-state index in [1.807, 2.05) is 25.1 Å². The SMILES string of the molecule is Cc1ccc(CNc2cc(C(F)(F)F)ccc2C)cc1Cl. The monoisotopic (exact) mass is 313 g/mol. The molecule has 2 aromatic carbocycles. The van der Waals surface area contributed by atoms with Crippen molar-refractivity contribution >= 4 is 17.3 Å². The maximum atomic E-state index is 12.7. The lowest BCUT2D eigenvalue weighted by Crippen LogP contribution is -2.07. The van der Waals surface area contributed by atoms with Gasteiger partial charge < -0.3 is 5.32 Å². The quantitative estimate of drug-likeness (QED) is 0.779. The van der Waals surface area contributed by atoms with E-state index in [-0.39, 0.29) is 0 Å². The molecule has 0 bridgehead atoms. The lowest BCUT2D eigenvalue weighted by molar-refractivity contribution is -0.137. The molecule has 0 unspecified atom stereocenters. The third-order valence-corrected chi connectivity index (χ3v) is 3.69. The van der Waals surface area contributed by atoms with Crippen LogP contribution < -0.4 is 5.32 Å². The van der Waals surface area contributed by atoms with E-state index < -0.39 is 11.7 Å². The van der Waals surface area contributed by atoms with Crippen molar-refractivity contribution in [3.63, 3.8) is 0 Å². The number of nitrogens with one attached hydrogen (secondary N) is 1. The first-order valence-electron chi connectivity index (χ1n) is 6.44. The van der Waals surface area contributed by atoms with Crippen molar-refractivity contribution in [3.05, 3.63) is 63.7 Å². The maximum Gasteiger partial charge on any atom is 0.416 e. The van der Waals surface area contributed by atoms with E-state index in [1.165, 1.54) is 6.07 Å². The van der Waals surface area contributed by atoms with Crippen LogP contribution in [0.3, 0.4) is 0 Å². The summed E-state index contributed by atoms with van der Waals surface area (Å²) in [4.78, 5) is 0. The van der Waals surface area contributed by atoms with Crippen LogP contribution in [0.2, 0.25) is 5.02 Å². The summed E-state index contributed by atoms with van der Waals surface area (Å²) < 4.78 is 38.1. The number of benzene rings is 2. The highest BCUT2D eigenvalue weighted by Gasteiger charge is 2.30. The molecule has 0 aliphatic heterocycles. The van der Waals surface area contributed by atoms with E-state index in [9.17, 15) is 13.2 Å². The van der Waals surface area contributed by atoms with E-state index in [0.29, 0.717) is 17.3 Å². The Morgan fingerprint density at radius 3 is 2.29 bits per heavy atom.